The molecule has 2 atom stereocenters. The fraction of sp³-hybridized carbons (Fsp3) is 0.429. The third kappa shape index (κ3) is 3.18. The summed E-state index contributed by atoms with van der Waals surface area (Å²) in [5.74, 6) is -1.50. The minimum absolute atomic E-state index is 0.0324. The Morgan fingerprint density at radius 3 is 2.81 bits per heavy atom. The summed E-state index contributed by atoms with van der Waals surface area (Å²) in [5.41, 5.74) is -0.950. The molecule has 2 unspecified atom stereocenters. The number of carboxylic acid groups (broad SMARTS) is 1. The number of para-hydroxylation sites is 1. The van der Waals surface area contributed by atoms with E-state index >= 15 is 0 Å². The minimum Gasteiger partial charge on any atom is -0.481 e. The number of aliphatic carboxylic acids is 1. The molecule has 0 saturated heterocycles. The van der Waals surface area contributed by atoms with Gasteiger partial charge in [0.2, 0.25) is 0 Å². The highest BCUT2D eigenvalue weighted by atomic mass is 79.9. The average molecular weight is 359 g/mol. The van der Waals surface area contributed by atoms with E-state index in [9.17, 15) is 19.1 Å². The summed E-state index contributed by atoms with van der Waals surface area (Å²) >= 11 is 3.16. The molecule has 2 rings (SSSR count). The van der Waals surface area contributed by atoms with Gasteiger partial charge in [0, 0.05) is 10.5 Å². The molecule has 7 heteroatoms. The number of rotatable bonds is 3. The van der Waals surface area contributed by atoms with E-state index in [1.165, 1.54) is 12.1 Å². The van der Waals surface area contributed by atoms with Crippen LogP contribution in [-0.2, 0) is 4.79 Å². The molecule has 0 spiro atoms. The van der Waals surface area contributed by atoms with Gasteiger partial charge < -0.3 is 15.7 Å². The van der Waals surface area contributed by atoms with Crippen LogP contribution >= 0.6 is 15.9 Å². The van der Waals surface area contributed by atoms with Crippen molar-refractivity contribution in [2.24, 2.45) is 5.41 Å². The van der Waals surface area contributed by atoms with Crippen LogP contribution in [0.1, 0.15) is 26.2 Å². The fourth-order valence-electron chi connectivity index (χ4n) is 2.58. The molecule has 0 bridgehead atoms. The number of hydrogen-bond acceptors (Lipinski definition) is 2. The maximum atomic E-state index is 13.6. The highest BCUT2D eigenvalue weighted by Crippen LogP contribution is 2.38. The standard InChI is InChI=1S/C14H16BrFN2O3/c1-14(12(19)20)7-3-6-10(14)17-13(21)18-11-8(15)4-2-5-9(11)16/h2,4-5,10H,3,6-7H2,1H3,(H,19,20)(H2,17,18,21). The van der Waals surface area contributed by atoms with Crippen LogP contribution in [0.2, 0.25) is 0 Å². The number of carbonyl (C=O) groups excluding carboxylic acids is 1. The zero-order valence-corrected chi connectivity index (χ0v) is 13.0. The van der Waals surface area contributed by atoms with Crippen molar-refractivity contribution in [3.63, 3.8) is 0 Å². The molecule has 1 aromatic carbocycles. The topological polar surface area (TPSA) is 78.4 Å². The molecule has 114 valence electrons. The molecule has 0 heterocycles. The molecule has 0 radical (unpaired) electrons. The van der Waals surface area contributed by atoms with Crippen molar-refractivity contribution in [1.29, 1.82) is 0 Å². The van der Waals surface area contributed by atoms with E-state index < -0.39 is 29.3 Å². The molecule has 0 aliphatic heterocycles. The number of urea groups is 1. The predicted molar refractivity (Wildman–Crippen MR) is 79.6 cm³/mol. The fourth-order valence-corrected chi connectivity index (χ4v) is 3.02. The molecule has 1 aliphatic rings. The Hall–Kier alpha value is -1.63. The van der Waals surface area contributed by atoms with E-state index in [0.29, 0.717) is 17.3 Å². The first-order valence-electron chi connectivity index (χ1n) is 6.59. The van der Waals surface area contributed by atoms with E-state index in [4.69, 9.17) is 0 Å². The van der Waals surface area contributed by atoms with Crippen molar-refractivity contribution < 1.29 is 19.1 Å². The van der Waals surface area contributed by atoms with E-state index in [-0.39, 0.29) is 5.69 Å². The van der Waals surface area contributed by atoms with Gasteiger partial charge in [0.05, 0.1) is 11.1 Å². The summed E-state index contributed by atoms with van der Waals surface area (Å²) in [6, 6.07) is 3.27. The predicted octanol–water partition coefficient (Wildman–Crippen LogP) is 3.35. The number of carboxylic acids is 1. The molecule has 1 saturated carbocycles. The monoisotopic (exact) mass is 358 g/mol. The zero-order valence-electron chi connectivity index (χ0n) is 11.5. The van der Waals surface area contributed by atoms with Crippen molar-refractivity contribution in [2.45, 2.75) is 32.2 Å². The summed E-state index contributed by atoms with van der Waals surface area (Å²) in [4.78, 5) is 23.3. The lowest BCUT2D eigenvalue weighted by molar-refractivity contribution is -0.148. The van der Waals surface area contributed by atoms with Crippen molar-refractivity contribution >= 4 is 33.6 Å². The summed E-state index contributed by atoms with van der Waals surface area (Å²) in [6.07, 6.45) is 1.84. The van der Waals surface area contributed by atoms with E-state index in [1.54, 1.807) is 13.0 Å². The van der Waals surface area contributed by atoms with Crippen LogP contribution in [-0.4, -0.2) is 23.1 Å². The van der Waals surface area contributed by atoms with Crippen molar-refractivity contribution in [1.82, 2.24) is 5.32 Å². The Balaban J connectivity index is 2.07. The first-order valence-corrected chi connectivity index (χ1v) is 7.39. The van der Waals surface area contributed by atoms with Gasteiger partial charge in [-0.15, -0.1) is 0 Å². The molecule has 2 amide bonds. The van der Waals surface area contributed by atoms with Gasteiger partial charge in [-0.05, 0) is 47.8 Å². The number of carbonyl (C=O) groups is 2. The summed E-state index contributed by atoms with van der Waals surface area (Å²) < 4.78 is 14.1. The Morgan fingerprint density at radius 2 is 2.19 bits per heavy atom. The van der Waals surface area contributed by atoms with Crippen molar-refractivity contribution in [3.05, 3.63) is 28.5 Å². The smallest absolute Gasteiger partial charge is 0.319 e. The first-order chi connectivity index (χ1) is 9.84. The third-order valence-electron chi connectivity index (χ3n) is 3.95. The highest BCUT2D eigenvalue weighted by molar-refractivity contribution is 9.10. The van der Waals surface area contributed by atoms with Gasteiger partial charge in [-0.25, -0.2) is 9.18 Å². The molecule has 1 aliphatic carbocycles. The normalized spacial score (nSPS) is 24.6. The molecular weight excluding hydrogens is 343 g/mol. The maximum Gasteiger partial charge on any atom is 0.319 e. The minimum atomic E-state index is -0.982. The number of amides is 2. The number of halogens is 2. The molecular formula is C14H16BrFN2O3. The van der Waals surface area contributed by atoms with E-state index in [1.807, 2.05) is 0 Å². The zero-order chi connectivity index (χ0) is 15.6. The van der Waals surface area contributed by atoms with Crippen LogP contribution in [0.5, 0.6) is 0 Å². The second-order valence-corrected chi connectivity index (χ2v) is 6.22. The number of anilines is 1. The lowest BCUT2D eigenvalue weighted by Gasteiger charge is -2.27. The molecule has 1 aromatic rings. The third-order valence-corrected chi connectivity index (χ3v) is 4.61. The van der Waals surface area contributed by atoms with Gasteiger partial charge >= 0.3 is 12.0 Å². The first kappa shape index (κ1) is 15.8. The Labute approximate surface area is 130 Å². The molecule has 5 nitrogen and oxygen atoms in total. The highest BCUT2D eigenvalue weighted by Gasteiger charge is 2.45. The molecule has 1 fully saturated rings. The van der Waals surface area contributed by atoms with Crippen molar-refractivity contribution in [2.75, 3.05) is 5.32 Å². The van der Waals surface area contributed by atoms with Crippen LogP contribution in [0, 0.1) is 11.2 Å². The quantitative estimate of drug-likeness (QED) is 0.775. The van der Waals surface area contributed by atoms with Gasteiger partial charge in [0.1, 0.15) is 5.82 Å². The van der Waals surface area contributed by atoms with Gasteiger partial charge in [-0.2, -0.15) is 0 Å². The van der Waals surface area contributed by atoms with Gasteiger partial charge in [-0.3, -0.25) is 4.79 Å². The van der Waals surface area contributed by atoms with Gasteiger partial charge in [0.25, 0.3) is 0 Å². The van der Waals surface area contributed by atoms with Crippen molar-refractivity contribution in [3.8, 4) is 0 Å². The van der Waals surface area contributed by atoms with Crippen LogP contribution in [0.25, 0.3) is 0 Å². The molecule has 0 aromatic heterocycles. The SMILES string of the molecule is CC1(C(=O)O)CCCC1NC(=O)Nc1c(F)cccc1Br. The van der Waals surface area contributed by atoms with Gasteiger partial charge in [0.15, 0.2) is 0 Å². The Morgan fingerprint density at radius 1 is 1.48 bits per heavy atom. The van der Waals surface area contributed by atoms with Crippen LogP contribution < -0.4 is 10.6 Å². The maximum absolute atomic E-state index is 13.6. The molecule has 3 N–H and O–H groups in total. The van der Waals surface area contributed by atoms with E-state index in [0.717, 1.165) is 6.42 Å². The summed E-state index contributed by atoms with van der Waals surface area (Å²) in [6.45, 7) is 1.62. The van der Waals surface area contributed by atoms with Crippen LogP contribution in [0.15, 0.2) is 22.7 Å². The number of nitrogens with one attached hydrogen (secondary N) is 2. The lowest BCUT2D eigenvalue weighted by Crippen LogP contribution is -2.48. The van der Waals surface area contributed by atoms with Crippen LogP contribution in [0.4, 0.5) is 14.9 Å². The Kier molecular flexibility index (Phi) is 4.51. The average Bonchev–Trinajstić information content (AvgIpc) is 2.77. The van der Waals surface area contributed by atoms with Gasteiger partial charge in [-0.1, -0.05) is 12.5 Å². The lowest BCUT2D eigenvalue weighted by atomic mass is 9.85. The van der Waals surface area contributed by atoms with E-state index in [2.05, 4.69) is 26.6 Å². The summed E-state index contributed by atoms with van der Waals surface area (Å²) in [5, 5.41) is 14.3. The number of hydrogen-bond donors (Lipinski definition) is 3. The number of benzene rings is 1. The second-order valence-electron chi connectivity index (χ2n) is 5.36. The largest absolute Gasteiger partial charge is 0.481 e. The molecule has 21 heavy (non-hydrogen) atoms. The Bertz CT molecular complexity index is 561. The summed E-state index contributed by atoms with van der Waals surface area (Å²) in [7, 11) is 0. The van der Waals surface area contributed by atoms with Crippen LogP contribution in [0.3, 0.4) is 0 Å². The second kappa shape index (κ2) is 6.01.